The summed E-state index contributed by atoms with van der Waals surface area (Å²) >= 11 is 0. The Balaban J connectivity index is 0.972. The Morgan fingerprint density at radius 1 is 0.258 bits per heavy atom. The fourth-order valence-electron chi connectivity index (χ4n) is 9.49. The van der Waals surface area contributed by atoms with Gasteiger partial charge in [-0.2, -0.15) is 0 Å². The number of hydrogen-bond acceptors (Lipinski definition) is 1. The van der Waals surface area contributed by atoms with Crippen LogP contribution in [0.2, 0.25) is 0 Å². The number of rotatable bonds is 7. The molecule has 0 aliphatic rings. The third-order valence-electron chi connectivity index (χ3n) is 12.5. The van der Waals surface area contributed by atoms with E-state index >= 15 is 0 Å². The van der Waals surface area contributed by atoms with Crippen molar-refractivity contribution in [3.8, 4) is 39.1 Å². The fourth-order valence-corrected chi connectivity index (χ4v) is 9.49. The summed E-state index contributed by atoms with van der Waals surface area (Å²) in [5.41, 5.74) is 14.1. The zero-order chi connectivity index (χ0) is 41.0. The van der Waals surface area contributed by atoms with E-state index in [9.17, 15) is 0 Å². The molecule has 1 heterocycles. The van der Waals surface area contributed by atoms with Gasteiger partial charge in [0.2, 0.25) is 0 Å². The predicted octanol–water partition coefficient (Wildman–Crippen LogP) is 16.7. The molecule has 0 bridgehead atoms. The lowest BCUT2D eigenvalue weighted by atomic mass is 9.98. The number of para-hydroxylation sites is 1. The molecule has 1 aromatic heterocycles. The molecule has 0 spiro atoms. The summed E-state index contributed by atoms with van der Waals surface area (Å²) in [5.74, 6) is 0. The molecular formula is C60H40N2. The standard InChI is InChI=1S/C60H40N2/c1-3-12-41(13-4-1)47-16-11-17-48(38-47)42-24-31-51(32-25-42)61(53-35-28-46-23-22-44-14-7-9-20-54(44)58(46)40-53)52-33-26-43(27-34-52)49-30-36-56-57-37-29-45-15-8-10-21-55(45)60(57)62(59(56)39-49)50-18-5-2-6-19-50/h1-40H. The lowest BCUT2D eigenvalue weighted by Gasteiger charge is -2.26. The number of aromatic nitrogens is 1. The molecule has 0 radical (unpaired) electrons. The highest BCUT2D eigenvalue weighted by Crippen LogP contribution is 2.42. The first kappa shape index (κ1) is 35.7. The van der Waals surface area contributed by atoms with E-state index in [4.69, 9.17) is 0 Å². The van der Waals surface area contributed by atoms with Gasteiger partial charge in [0.05, 0.1) is 11.0 Å². The lowest BCUT2D eigenvalue weighted by molar-refractivity contribution is 1.19. The Kier molecular flexibility index (Phi) is 8.53. The summed E-state index contributed by atoms with van der Waals surface area (Å²) in [5, 5.41) is 9.98. The SMILES string of the molecule is c1ccc(-c2cccc(-c3ccc(N(c4ccc(-c5ccc6c7ccc8ccccc8c7n(-c7ccccc7)c6c5)cc4)c4ccc5ccc6ccccc6c5c4)cc3)c2)cc1. The minimum atomic E-state index is 1.10. The van der Waals surface area contributed by atoms with Crippen molar-refractivity contribution in [2.24, 2.45) is 0 Å². The minimum Gasteiger partial charge on any atom is -0.310 e. The van der Waals surface area contributed by atoms with Crippen molar-refractivity contribution in [3.05, 3.63) is 243 Å². The van der Waals surface area contributed by atoms with E-state index in [1.165, 1.54) is 87.5 Å². The quantitative estimate of drug-likeness (QED) is 0.146. The van der Waals surface area contributed by atoms with E-state index < -0.39 is 0 Å². The lowest BCUT2D eigenvalue weighted by Crippen LogP contribution is -2.09. The zero-order valence-electron chi connectivity index (χ0n) is 34.0. The molecule has 12 aromatic rings. The maximum atomic E-state index is 2.44. The van der Waals surface area contributed by atoms with Crippen LogP contribution in [-0.4, -0.2) is 4.57 Å². The summed E-state index contributed by atoms with van der Waals surface area (Å²) in [4.78, 5) is 2.39. The van der Waals surface area contributed by atoms with Crippen LogP contribution < -0.4 is 4.90 Å². The number of benzene rings is 11. The van der Waals surface area contributed by atoms with Crippen LogP contribution in [0.25, 0.3) is 93.2 Å². The minimum absolute atomic E-state index is 1.10. The maximum absolute atomic E-state index is 2.44. The van der Waals surface area contributed by atoms with Gasteiger partial charge in [0.15, 0.2) is 0 Å². The van der Waals surface area contributed by atoms with Crippen molar-refractivity contribution < 1.29 is 0 Å². The van der Waals surface area contributed by atoms with Gasteiger partial charge in [-0.1, -0.05) is 182 Å². The molecule has 0 aliphatic carbocycles. The average Bonchev–Trinajstić information content (AvgIpc) is 3.69. The van der Waals surface area contributed by atoms with Gasteiger partial charge in [-0.05, 0) is 121 Å². The monoisotopic (exact) mass is 788 g/mol. The Morgan fingerprint density at radius 2 is 0.726 bits per heavy atom. The van der Waals surface area contributed by atoms with Gasteiger partial charge in [0.1, 0.15) is 0 Å². The van der Waals surface area contributed by atoms with Crippen LogP contribution in [0.1, 0.15) is 0 Å². The van der Waals surface area contributed by atoms with Crippen LogP contribution in [0.5, 0.6) is 0 Å². The topological polar surface area (TPSA) is 8.17 Å². The van der Waals surface area contributed by atoms with Gasteiger partial charge in [-0.15, -0.1) is 0 Å². The Morgan fingerprint density at radius 3 is 1.42 bits per heavy atom. The molecule has 0 aliphatic heterocycles. The van der Waals surface area contributed by atoms with Gasteiger partial charge in [-0.3, -0.25) is 0 Å². The second kappa shape index (κ2) is 14.8. The number of hydrogen-bond donors (Lipinski definition) is 0. The first-order valence-corrected chi connectivity index (χ1v) is 21.3. The third-order valence-corrected chi connectivity index (χ3v) is 12.5. The summed E-state index contributed by atoms with van der Waals surface area (Å²) in [6.07, 6.45) is 0. The molecule has 0 unspecified atom stereocenters. The van der Waals surface area contributed by atoms with Gasteiger partial charge >= 0.3 is 0 Å². The molecular weight excluding hydrogens is 749 g/mol. The molecule has 12 rings (SSSR count). The van der Waals surface area contributed by atoms with E-state index in [1.54, 1.807) is 0 Å². The van der Waals surface area contributed by atoms with Crippen LogP contribution in [0.4, 0.5) is 17.1 Å². The average molecular weight is 789 g/mol. The highest BCUT2D eigenvalue weighted by Gasteiger charge is 2.18. The van der Waals surface area contributed by atoms with E-state index in [-0.39, 0.29) is 0 Å². The molecule has 11 aromatic carbocycles. The summed E-state index contributed by atoms with van der Waals surface area (Å²) in [7, 11) is 0. The van der Waals surface area contributed by atoms with Gasteiger partial charge in [-0.25, -0.2) is 0 Å². The van der Waals surface area contributed by atoms with Crippen molar-refractivity contribution in [1.82, 2.24) is 4.57 Å². The van der Waals surface area contributed by atoms with Crippen molar-refractivity contribution in [3.63, 3.8) is 0 Å². The highest BCUT2D eigenvalue weighted by atomic mass is 15.1. The predicted molar refractivity (Wildman–Crippen MR) is 264 cm³/mol. The first-order valence-electron chi connectivity index (χ1n) is 21.3. The normalized spacial score (nSPS) is 11.5. The third kappa shape index (κ3) is 6.12. The number of anilines is 3. The Hall–Kier alpha value is -8.20. The molecule has 0 atom stereocenters. The summed E-state index contributed by atoms with van der Waals surface area (Å²) in [6, 6.07) is 88.5. The van der Waals surface area contributed by atoms with Crippen molar-refractivity contribution in [2.45, 2.75) is 0 Å². The molecule has 0 fully saturated rings. The largest absolute Gasteiger partial charge is 0.310 e. The van der Waals surface area contributed by atoms with Crippen LogP contribution in [0.3, 0.4) is 0 Å². The molecule has 0 saturated heterocycles. The Bertz CT molecular complexity index is 3600. The molecule has 2 nitrogen and oxygen atoms in total. The van der Waals surface area contributed by atoms with Crippen molar-refractivity contribution in [1.29, 1.82) is 0 Å². The number of fused-ring (bicyclic) bond motifs is 8. The van der Waals surface area contributed by atoms with Crippen LogP contribution in [0, 0.1) is 0 Å². The molecule has 0 N–H and O–H groups in total. The highest BCUT2D eigenvalue weighted by molar-refractivity contribution is 6.19. The van der Waals surface area contributed by atoms with Crippen molar-refractivity contribution in [2.75, 3.05) is 4.90 Å². The second-order valence-corrected chi connectivity index (χ2v) is 16.2. The van der Waals surface area contributed by atoms with Crippen molar-refractivity contribution >= 4 is 71.2 Å². The molecule has 0 amide bonds. The summed E-state index contributed by atoms with van der Waals surface area (Å²) in [6.45, 7) is 0. The fraction of sp³-hybridized carbons (Fsp3) is 0. The van der Waals surface area contributed by atoms with Crippen LogP contribution in [0.15, 0.2) is 243 Å². The maximum Gasteiger partial charge on any atom is 0.0619 e. The van der Waals surface area contributed by atoms with E-state index in [2.05, 4.69) is 252 Å². The zero-order valence-corrected chi connectivity index (χ0v) is 34.0. The number of nitrogens with zero attached hydrogens (tertiary/aromatic N) is 2. The van der Waals surface area contributed by atoms with E-state index in [1.807, 2.05) is 0 Å². The van der Waals surface area contributed by atoms with Crippen LogP contribution >= 0.6 is 0 Å². The first-order chi connectivity index (χ1) is 30.7. The van der Waals surface area contributed by atoms with Gasteiger partial charge in [0.25, 0.3) is 0 Å². The molecule has 62 heavy (non-hydrogen) atoms. The second-order valence-electron chi connectivity index (χ2n) is 16.2. The van der Waals surface area contributed by atoms with E-state index in [0.29, 0.717) is 0 Å². The van der Waals surface area contributed by atoms with E-state index in [0.717, 1.165) is 22.7 Å². The molecule has 2 heteroatoms. The van der Waals surface area contributed by atoms with Gasteiger partial charge < -0.3 is 9.47 Å². The summed E-state index contributed by atoms with van der Waals surface area (Å²) < 4.78 is 2.44. The molecule has 0 saturated carbocycles. The smallest absolute Gasteiger partial charge is 0.0619 e. The molecule has 290 valence electrons. The Labute approximate surface area is 360 Å². The van der Waals surface area contributed by atoms with Crippen LogP contribution in [-0.2, 0) is 0 Å². The van der Waals surface area contributed by atoms with Gasteiger partial charge in [0, 0.05) is 38.9 Å².